The molecule has 1 N–H and O–H groups in total. The summed E-state index contributed by atoms with van der Waals surface area (Å²) >= 11 is 0. The van der Waals surface area contributed by atoms with E-state index in [0.29, 0.717) is 6.42 Å². The molecule has 1 aromatic rings. The van der Waals surface area contributed by atoms with E-state index >= 15 is 0 Å². The van der Waals surface area contributed by atoms with E-state index in [-0.39, 0.29) is 19.1 Å². The lowest BCUT2D eigenvalue weighted by Crippen LogP contribution is -2.49. The Labute approximate surface area is 211 Å². The van der Waals surface area contributed by atoms with Crippen molar-refractivity contribution in [3.05, 3.63) is 35.9 Å². The van der Waals surface area contributed by atoms with Crippen LogP contribution in [-0.2, 0) is 44.6 Å². The topological polar surface area (TPSA) is 111 Å². The van der Waals surface area contributed by atoms with Crippen LogP contribution in [-0.4, -0.2) is 67.0 Å². The van der Waals surface area contributed by atoms with Crippen LogP contribution >= 0.6 is 0 Å². The van der Waals surface area contributed by atoms with E-state index in [1.807, 2.05) is 58.0 Å². The highest BCUT2D eigenvalue weighted by Gasteiger charge is 2.60. The van der Waals surface area contributed by atoms with Crippen LogP contribution in [0.3, 0.4) is 0 Å². The Hall–Kier alpha value is -2.24. The van der Waals surface area contributed by atoms with E-state index in [2.05, 4.69) is 5.32 Å². The number of benzene rings is 1. The third-order valence-electron chi connectivity index (χ3n) is 6.17. The summed E-state index contributed by atoms with van der Waals surface area (Å²) in [5.74, 6) is -2.18. The van der Waals surface area contributed by atoms with Crippen LogP contribution in [0.15, 0.2) is 30.3 Å². The number of nitrogens with one attached hydrogen (secondary N) is 1. The van der Waals surface area contributed by atoms with Gasteiger partial charge < -0.3 is 38.5 Å². The van der Waals surface area contributed by atoms with Crippen LogP contribution in [0.25, 0.3) is 0 Å². The number of hydrogen-bond donors (Lipinski definition) is 1. The number of carbonyl (C=O) groups excluding carboxylic acids is 2. The quantitative estimate of drug-likeness (QED) is 0.530. The van der Waals surface area contributed by atoms with E-state index in [1.54, 1.807) is 13.8 Å². The zero-order valence-corrected chi connectivity index (χ0v) is 21.7. The Morgan fingerprint density at radius 2 is 1.75 bits per heavy atom. The van der Waals surface area contributed by atoms with E-state index in [1.165, 1.54) is 0 Å². The predicted octanol–water partition coefficient (Wildman–Crippen LogP) is 3.27. The number of alkyl carbamates (subject to hydrolysis) is 1. The zero-order valence-electron chi connectivity index (χ0n) is 21.7. The van der Waals surface area contributed by atoms with Crippen LogP contribution in [0, 0.1) is 5.92 Å². The molecule has 36 heavy (non-hydrogen) atoms. The molecule has 0 saturated carbocycles. The first-order valence-corrected chi connectivity index (χ1v) is 12.4. The summed E-state index contributed by atoms with van der Waals surface area (Å²) in [5.41, 5.74) is 0.843. The second-order valence-corrected chi connectivity index (χ2v) is 10.7. The van der Waals surface area contributed by atoms with Gasteiger partial charge in [0.15, 0.2) is 30.1 Å². The number of hydrogen-bond acceptors (Lipinski definition) is 9. The summed E-state index contributed by atoms with van der Waals surface area (Å²) in [6.07, 6.45) is -3.66. The molecule has 1 aromatic carbocycles. The molecule has 3 heterocycles. The summed E-state index contributed by atoms with van der Waals surface area (Å²) in [5, 5.41) is 2.66. The van der Waals surface area contributed by atoms with Crippen molar-refractivity contribution in [3.8, 4) is 0 Å². The fourth-order valence-corrected chi connectivity index (χ4v) is 4.62. The molecule has 6 atom stereocenters. The lowest BCUT2D eigenvalue weighted by Gasteiger charge is -2.30. The van der Waals surface area contributed by atoms with Crippen molar-refractivity contribution >= 4 is 12.1 Å². The summed E-state index contributed by atoms with van der Waals surface area (Å²) in [4.78, 5) is 25.9. The van der Waals surface area contributed by atoms with Gasteiger partial charge in [-0.1, -0.05) is 44.2 Å². The predicted molar refractivity (Wildman–Crippen MR) is 126 cm³/mol. The summed E-state index contributed by atoms with van der Waals surface area (Å²) in [6.45, 7) is 11.4. The third-order valence-corrected chi connectivity index (χ3v) is 6.17. The fraction of sp³-hybridized carbons (Fsp3) is 0.692. The Morgan fingerprint density at radius 1 is 1.03 bits per heavy atom. The number of carbonyl (C=O) groups is 2. The summed E-state index contributed by atoms with van der Waals surface area (Å²) in [6, 6.07) is 8.39. The van der Waals surface area contributed by atoms with Crippen LogP contribution in [0.1, 0.15) is 53.5 Å². The minimum absolute atomic E-state index is 0.0908. The third kappa shape index (κ3) is 6.54. The monoisotopic (exact) mass is 507 g/mol. The lowest BCUT2D eigenvalue weighted by atomic mass is 10.0. The van der Waals surface area contributed by atoms with Gasteiger partial charge in [-0.05, 0) is 45.6 Å². The van der Waals surface area contributed by atoms with Crippen molar-refractivity contribution in [3.63, 3.8) is 0 Å². The Bertz CT molecular complexity index is 919. The first kappa shape index (κ1) is 26.8. The van der Waals surface area contributed by atoms with E-state index in [4.69, 9.17) is 33.2 Å². The molecule has 0 aromatic heterocycles. The van der Waals surface area contributed by atoms with Gasteiger partial charge in [0.25, 0.3) is 0 Å². The minimum Gasteiger partial charge on any atom is -0.455 e. The van der Waals surface area contributed by atoms with Gasteiger partial charge in [0.2, 0.25) is 0 Å². The highest BCUT2D eigenvalue weighted by atomic mass is 16.8. The average Bonchev–Trinajstić information content (AvgIpc) is 3.41. The molecule has 3 fully saturated rings. The van der Waals surface area contributed by atoms with Crippen molar-refractivity contribution in [2.24, 2.45) is 5.92 Å². The molecule has 4 unspecified atom stereocenters. The van der Waals surface area contributed by atoms with E-state index < -0.39 is 60.4 Å². The summed E-state index contributed by atoms with van der Waals surface area (Å²) in [7, 11) is 0. The number of rotatable bonds is 8. The van der Waals surface area contributed by atoms with Crippen LogP contribution in [0.2, 0.25) is 0 Å². The van der Waals surface area contributed by atoms with Gasteiger partial charge in [-0.15, -0.1) is 0 Å². The van der Waals surface area contributed by atoms with Gasteiger partial charge in [0.1, 0.15) is 24.9 Å². The molecule has 200 valence electrons. The molecule has 10 nitrogen and oxygen atoms in total. The number of esters is 1. The van der Waals surface area contributed by atoms with E-state index in [9.17, 15) is 9.59 Å². The number of amides is 1. The number of ether oxygens (including phenoxy) is 7. The van der Waals surface area contributed by atoms with Crippen LogP contribution in [0.4, 0.5) is 4.79 Å². The Balaban J connectivity index is 1.44. The second-order valence-electron chi connectivity index (χ2n) is 10.7. The van der Waals surface area contributed by atoms with Crippen molar-refractivity contribution in [2.75, 3.05) is 6.61 Å². The van der Waals surface area contributed by atoms with Crippen LogP contribution < -0.4 is 5.32 Å². The van der Waals surface area contributed by atoms with Gasteiger partial charge in [0.05, 0.1) is 6.61 Å². The SMILES string of the molecule is CC(C)C[C@H](NC(=O)OCc1ccccc1)C(=O)OC1C2OC(C)(C)OC2OC1[C@@H]1COC(C)(C)O1. The van der Waals surface area contributed by atoms with Gasteiger partial charge in [-0.2, -0.15) is 0 Å². The molecule has 4 rings (SSSR count). The molecule has 10 heteroatoms. The molecule has 3 aliphatic heterocycles. The maximum absolute atomic E-state index is 13.4. The molecule has 0 bridgehead atoms. The van der Waals surface area contributed by atoms with Crippen molar-refractivity contribution in [2.45, 2.75) is 103 Å². The highest BCUT2D eigenvalue weighted by molar-refractivity contribution is 5.81. The molecular weight excluding hydrogens is 470 g/mol. The molecular formula is C26H37NO9. The Kier molecular flexibility index (Phi) is 7.92. The van der Waals surface area contributed by atoms with Crippen molar-refractivity contribution in [1.82, 2.24) is 5.32 Å². The smallest absolute Gasteiger partial charge is 0.408 e. The maximum atomic E-state index is 13.4. The van der Waals surface area contributed by atoms with Crippen LogP contribution in [0.5, 0.6) is 0 Å². The summed E-state index contributed by atoms with van der Waals surface area (Å²) < 4.78 is 41.0. The zero-order chi connectivity index (χ0) is 26.1. The van der Waals surface area contributed by atoms with Gasteiger partial charge >= 0.3 is 12.1 Å². The van der Waals surface area contributed by atoms with Gasteiger partial charge in [-0.25, -0.2) is 9.59 Å². The highest BCUT2D eigenvalue weighted by Crippen LogP contribution is 2.42. The van der Waals surface area contributed by atoms with Crippen molar-refractivity contribution in [1.29, 1.82) is 0 Å². The second kappa shape index (κ2) is 10.6. The number of fused-ring (bicyclic) bond motifs is 1. The largest absolute Gasteiger partial charge is 0.455 e. The van der Waals surface area contributed by atoms with Gasteiger partial charge in [0, 0.05) is 0 Å². The Morgan fingerprint density at radius 3 is 2.39 bits per heavy atom. The standard InChI is InChI=1S/C26H37NO9/c1-15(2)12-17(27-24(29)30-13-16-10-8-7-9-11-16)22(28)32-20-19(18-14-31-25(3,4)34-18)33-23-21(20)35-26(5,6)36-23/h7-11,15,17-21,23H,12-14H2,1-6H3,(H,27,29)/t17-,18-,19?,20?,21?,23?/m0/s1. The minimum atomic E-state index is -0.916. The molecule has 0 aliphatic carbocycles. The first-order chi connectivity index (χ1) is 16.9. The van der Waals surface area contributed by atoms with E-state index in [0.717, 1.165) is 5.56 Å². The molecule has 1 amide bonds. The molecule has 0 spiro atoms. The van der Waals surface area contributed by atoms with Crippen molar-refractivity contribution < 1.29 is 42.7 Å². The maximum Gasteiger partial charge on any atom is 0.408 e. The fourth-order valence-electron chi connectivity index (χ4n) is 4.62. The molecule has 0 radical (unpaired) electrons. The first-order valence-electron chi connectivity index (χ1n) is 12.4. The molecule has 3 saturated heterocycles. The molecule has 3 aliphatic rings. The normalized spacial score (nSPS) is 31.1. The lowest BCUT2D eigenvalue weighted by molar-refractivity contribution is -0.235. The average molecular weight is 508 g/mol. The van der Waals surface area contributed by atoms with Gasteiger partial charge in [-0.3, -0.25) is 0 Å².